The van der Waals surface area contributed by atoms with Crippen molar-refractivity contribution in [2.45, 2.75) is 44.9 Å². The van der Waals surface area contributed by atoms with Gasteiger partial charge in [0, 0.05) is 6.42 Å². The smallest absolute Gasteiger partial charge is 0.408 e. The Morgan fingerprint density at radius 1 is 1.22 bits per heavy atom. The van der Waals surface area contributed by atoms with Crippen LogP contribution in [-0.4, -0.2) is 43.7 Å². The van der Waals surface area contributed by atoms with Crippen LogP contribution in [0.5, 0.6) is 5.75 Å². The molecule has 1 N–H and O–H groups in total. The fourth-order valence-corrected chi connectivity index (χ4v) is 2.06. The van der Waals surface area contributed by atoms with Crippen LogP contribution in [0.1, 0.15) is 38.8 Å². The number of nitroso groups, excluding NO2 is 1. The van der Waals surface area contributed by atoms with Crippen molar-refractivity contribution in [3.05, 3.63) is 34.7 Å². The monoisotopic (exact) mass is 380 g/mol. The van der Waals surface area contributed by atoms with Crippen LogP contribution < -0.4 is 10.1 Å². The first-order chi connectivity index (χ1) is 12.7. The SMILES string of the molecule is COC(=O)C(CCOc1ccc(C(C=O)N=O)cc1)NC(=O)OC(C)(C)C. The van der Waals surface area contributed by atoms with Crippen molar-refractivity contribution in [2.24, 2.45) is 5.18 Å². The Morgan fingerprint density at radius 3 is 2.33 bits per heavy atom. The van der Waals surface area contributed by atoms with Gasteiger partial charge in [0.25, 0.3) is 0 Å². The molecule has 0 fully saturated rings. The normalized spacial score (nSPS) is 13.0. The molecule has 1 aromatic rings. The average Bonchev–Trinajstić information content (AvgIpc) is 2.61. The highest BCUT2D eigenvalue weighted by Gasteiger charge is 2.25. The zero-order valence-corrected chi connectivity index (χ0v) is 15.8. The van der Waals surface area contributed by atoms with Crippen molar-refractivity contribution < 1.29 is 28.6 Å². The van der Waals surface area contributed by atoms with E-state index in [2.05, 4.69) is 15.2 Å². The summed E-state index contributed by atoms with van der Waals surface area (Å²) in [5, 5.41) is 5.16. The topological polar surface area (TPSA) is 120 Å². The number of aldehydes is 1. The number of carbonyl (C=O) groups excluding carboxylic acids is 3. The molecule has 0 radical (unpaired) electrons. The Hall–Kier alpha value is -2.97. The van der Waals surface area contributed by atoms with Gasteiger partial charge in [0.1, 0.15) is 17.4 Å². The van der Waals surface area contributed by atoms with E-state index in [0.717, 1.165) is 0 Å². The third-order valence-corrected chi connectivity index (χ3v) is 3.32. The van der Waals surface area contributed by atoms with Crippen LogP contribution in [0.15, 0.2) is 29.4 Å². The zero-order valence-electron chi connectivity index (χ0n) is 15.8. The lowest BCUT2D eigenvalue weighted by Crippen LogP contribution is -2.44. The van der Waals surface area contributed by atoms with E-state index in [1.807, 2.05) is 0 Å². The first-order valence-corrected chi connectivity index (χ1v) is 8.28. The van der Waals surface area contributed by atoms with Gasteiger partial charge >= 0.3 is 12.1 Å². The second-order valence-corrected chi connectivity index (χ2v) is 6.61. The van der Waals surface area contributed by atoms with Gasteiger partial charge < -0.3 is 24.3 Å². The van der Waals surface area contributed by atoms with Crippen LogP contribution in [0.4, 0.5) is 4.79 Å². The molecule has 9 nitrogen and oxygen atoms in total. The number of ether oxygens (including phenoxy) is 3. The minimum Gasteiger partial charge on any atom is -0.494 e. The van der Waals surface area contributed by atoms with Crippen LogP contribution in [0.25, 0.3) is 0 Å². The van der Waals surface area contributed by atoms with Crippen LogP contribution >= 0.6 is 0 Å². The summed E-state index contributed by atoms with van der Waals surface area (Å²) in [5.74, 6) is -0.152. The molecule has 0 heterocycles. The molecule has 148 valence electrons. The van der Waals surface area contributed by atoms with E-state index in [9.17, 15) is 19.3 Å². The Bertz CT molecular complexity index is 645. The fraction of sp³-hybridized carbons (Fsp3) is 0.500. The molecular weight excluding hydrogens is 356 g/mol. The number of nitrogens with one attached hydrogen (secondary N) is 1. The summed E-state index contributed by atoms with van der Waals surface area (Å²) < 4.78 is 15.3. The average molecular weight is 380 g/mol. The lowest BCUT2D eigenvalue weighted by atomic mass is 10.1. The number of amides is 1. The highest BCUT2D eigenvalue weighted by Crippen LogP contribution is 2.19. The predicted octanol–water partition coefficient (Wildman–Crippen LogP) is 2.53. The Labute approximate surface area is 157 Å². The molecule has 1 amide bonds. The summed E-state index contributed by atoms with van der Waals surface area (Å²) in [7, 11) is 1.22. The molecule has 27 heavy (non-hydrogen) atoms. The highest BCUT2D eigenvalue weighted by molar-refractivity contribution is 5.81. The minimum absolute atomic E-state index is 0.109. The summed E-state index contributed by atoms with van der Waals surface area (Å²) in [6.45, 7) is 5.24. The molecule has 1 aromatic carbocycles. The molecule has 0 spiro atoms. The third-order valence-electron chi connectivity index (χ3n) is 3.32. The van der Waals surface area contributed by atoms with Crippen molar-refractivity contribution in [1.82, 2.24) is 5.32 Å². The van der Waals surface area contributed by atoms with Gasteiger partial charge in [0.2, 0.25) is 0 Å². The van der Waals surface area contributed by atoms with Gasteiger partial charge in [-0.1, -0.05) is 17.3 Å². The number of alkyl carbamates (subject to hydrolysis) is 1. The van der Waals surface area contributed by atoms with Gasteiger partial charge in [-0.25, -0.2) is 9.59 Å². The van der Waals surface area contributed by atoms with E-state index in [1.165, 1.54) is 7.11 Å². The molecule has 0 saturated heterocycles. The molecule has 9 heteroatoms. The number of carbonyl (C=O) groups is 3. The lowest BCUT2D eigenvalue weighted by molar-refractivity contribution is -0.143. The highest BCUT2D eigenvalue weighted by atomic mass is 16.6. The van der Waals surface area contributed by atoms with E-state index in [4.69, 9.17) is 9.47 Å². The van der Waals surface area contributed by atoms with Gasteiger partial charge in [0.15, 0.2) is 12.3 Å². The molecule has 2 unspecified atom stereocenters. The van der Waals surface area contributed by atoms with E-state index >= 15 is 0 Å². The Kier molecular flexibility index (Phi) is 8.37. The minimum atomic E-state index is -1.05. The van der Waals surface area contributed by atoms with Gasteiger partial charge in [-0.3, -0.25) is 0 Å². The molecule has 1 rings (SSSR count). The summed E-state index contributed by atoms with van der Waals surface area (Å²) in [4.78, 5) is 44.9. The summed E-state index contributed by atoms with van der Waals surface area (Å²) >= 11 is 0. The fourth-order valence-electron chi connectivity index (χ4n) is 2.06. The van der Waals surface area contributed by atoms with E-state index in [1.54, 1.807) is 45.0 Å². The summed E-state index contributed by atoms with van der Waals surface area (Å²) in [6, 6.07) is 4.26. The predicted molar refractivity (Wildman–Crippen MR) is 96.3 cm³/mol. The van der Waals surface area contributed by atoms with Crippen LogP contribution in [0.3, 0.4) is 0 Å². The molecule has 0 saturated carbocycles. The van der Waals surface area contributed by atoms with Crippen LogP contribution in [0, 0.1) is 4.91 Å². The number of hydrogen-bond acceptors (Lipinski definition) is 8. The number of benzene rings is 1. The first kappa shape index (κ1) is 22.1. The quantitative estimate of drug-likeness (QED) is 0.397. The molecule has 0 aliphatic heterocycles. The van der Waals surface area contributed by atoms with E-state index in [-0.39, 0.29) is 13.0 Å². The Balaban J connectivity index is 2.60. The van der Waals surface area contributed by atoms with Crippen molar-refractivity contribution >= 4 is 18.3 Å². The first-order valence-electron chi connectivity index (χ1n) is 8.28. The standard InChI is InChI=1S/C18H24N2O7/c1-18(2,3)27-17(23)19-14(16(22)25-4)9-10-26-13-7-5-12(6-8-13)15(11-21)20-24/h5-8,11,14-15H,9-10H2,1-4H3,(H,19,23). The maximum atomic E-state index is 11.8. The number of esters is 1. The number of rotatable bonds is 9. The van der Waals surface area contributed by atoms with Gasteiger partial charge in [-0.15, -0.1) is 4.91 Å². The van der Waals surface area contributed by atoms with Crippen molar-refractivity contribution in [1.29, 1.82) is 0 Å². The molecule has 0 bridgehead atoms. The maximum absolute atomic E-state index is 11.8. The zero-order chi connectivity index (χ0) is 20.4. The van der Waals surface area contributed by atoms with Gasteiger partial charge in [-0.2, -0.15) is 0 Å². The summed E-state index contributed by atoms with van der Waals surface area (Å²) in [5.41, 5.74) is -0.245. The number of methoxy groups -OCH3 is 1. The second kappa shape index (κ2) is 10.2. The van der Waals surface area contributed by atoms with E-state index in [0.29, 0.717) is 17.6 Å². The molecule has 0 aliphatic rings. The third kappa shape index (κ3) is 7.85. The van der Waals surface area contributed by atoms with E-state index < -0.39 is 29.7 Å². The molecule has 2 atom stereocenters. The van der Waals surface area contributed by atoms with Crippen LogP contribution in [-0.2, 0) is 19.1 Å². The second-order valence-electron chi connectivity index (χ2n) is 6.61. The molecule has 0 aliphatic carbocycles. The molecule has 0 aromatic heterocycles. The Morgan fingerprint density at radius 2 is 1.85 bits per heavy atom. The maximum Gasteiger partial charge on any atom is 0.408 e. The number of hydrogen-bond donors (Lipinski definition) is 1. The van der Waals surface area contributed by atoms with Crippen molar-refractivity contribution in [3.63, 3.8) is 0 Å². The molecular formula is C18H24N2O7. The van der Waals surface area contributed by atoms with Gasteiger partial charge in [0.05, 0.1) is 13.7 Å². The number of nitrogens with zero attached hydrogens (tertiary/aromatic N) is 1. The lowest BCUT2D eigenvalue weighted by Gasteiger charge is -2.22. The summed E-state index contributed by atoms with van der Waals surface area (Å²) in [6.07, 6.45) is -0.129. The van der Waals surface area contributed by atoms with Crippen LogP contribution in [0.2, 0.25) is 0 Å². The van der Waals surface area contributed by atoms with Crippen molar-refractivity contribution in [3.8, 4) is 5.75 Å². The largest absolute Gasteiger partial charge is 0.494 e. The van der Waals surface area contributed by atoms with Gasteiger partial charge in [-0.05, 0) is 38.5 Å². The van der Waals surface area contributed by atoms with Crippen molar-refractivity contribution in [2.75, 3.05) is 13.7 Å².